The maximum atomic E-state index is 12.5. The Bertz CT molecular complexity index is 704. The van der Waals surface area contributed by atoms with Gasteiger partial charge in [0.25, 0.3) is 10.0 Å². The van der Waals surface area contributed by atoms with Gasteiger partial charge in [-0.05, 0) is 31.4 Å². The molecule has 140 valence electrons. The van der Waals surface area contributed by atoms with Crippen LogP contribution in [0.3, 0.4) is 0 Å². The van der Waals surface area contributed by atoms with Crippen LogP contribution in [0.25, 0.3) is 0 Å². The van der Waals surface area contributed by atoms with Gasteiger partial charge in [-0.3, -0.25) is 4.79 Å². The summed E-state index contributed by atoms with van der Waals surface area (Å²) < 4.78 is 31.1. The number of nitrogens with zero attached hydrogens (tertiary/aromatic N) is 1. The summed E-state index contributed by atoms with van der Waals surface area (Å²) >= 11 is 0. The third kappa shape index (κ3) is 4.82. The summed E-state index contributed by atoms with van der Waals surface area (Å²) in [4.78, 5) is 22.9. The summed E-state index contributed by atoms with van der Waals surface area (Å²) in [7, 11) is -3.88. The van der Waals surface area contributed by atoms with Gasteiger partial charge in [0.15, 0.2) is 0 Å². The molecule has 25 heavy (non-hydrogen) atoms. The number of sulfonamides is 1. The average Bonchev–Trinajstić information content (AvgIpc) is 3.10. The van der Waals surface area contributed by atoms with E-state index in [2.05, 4.69) is 12.2 Å². The maximum absolute atomic E-state index is 12.5. The van der Waals surface area contributed by atoms with E-state index >= 15 is 0 Å². The molecule has 1 aromatic heterocycles. The quantitative estimate of drug-likeness (QED) is 0.671. The number of rotatable bonds is 8. The van der Waals surface area contributed by atoms with Crippen LogP contribution in [0.2, 0.25) is 0 Å². The van der Waals surface area contributed by atoms with E-state index < -0.39 is 21.8 Å². The zero-order valence-electron chi connectivity index (χ0n) is 14.2. The highest BCUT2D eigenvalue weighted by molar-refractivity contribution is 7.89. The maximum Gasteiger partial charge on any atom is 0.371 e. The van der Waals surface area contributed by atoms with Crippen LogP contribution in [0, 0.1) is 5.92 Å². The minimum atomic E-state index is -3.88. The average molecular weight is 372 g/mol. The molecule has 1 fully saturated rings. The van der Waals surface area contributed by atoms with Gasteiger partial charge in [-0.1, -0.05) is 19.8 Å². The molecular weight excluding hydrogens is 348 g/mol. The number of carboxylic acids is 1. The van der Waals surface area contributed by atoms with Gasteiger partial charge in [0.1, 0.15) is 0 Å². The van der Waals surface area contributed by atoms with E-state index in [9.17, 15) is 18.0 Å². The summed E-state index contributed by atoms with van der Waals surface area (Å²) in [5.41, 5.74) is 0. The summed E-state index contributed by atoms with van der Waals surface area (Å²) in [5, 5.41) is 11.3. The van der Waals surface area contributed by atoms with Gasteiger partial charge in [0.05, 0.1) is 0 Å². The summed E-state index contributed by atoms with van der Waals surface area (Å²) in [5.74, 6) is -1.96. The number of hydrogen-bond acceptors (Lipinski definition) is 5. The zero-order chi connectivity index (χ0) is 18.4. The predicted octanol–water partition coefficient (Wildman–Crippen LogP) is 1.68. The number of piperidine rings is 1. The number of hydrogen-bond donors (Lipinski definition) is 2. The van der Waals surface area contributed by atoms with Crippen LogP contribution in [-0.4, -0.2) is 49.3 Å². The number of carboxylic acid groups (broad SMARTS) is 1. The van der Waals surface area contributed by atoms with Crippen molar-refractivity contribution in [1.82, 2.24) is 9.62 Å². The molecule has 1 aliphatic rings. The number of amides is 1. The Balaban J connectivity index is 1.90. The molecule has 2 rings (SSSR count). The molecule has 0 aromatic carbocycles. The zero-order valence-corrected chi connectivity index (χ0v) is 15.0. The van der Waals surface area contributed by atoms with Crippen LogP contribution < -0.4 is 5.32 Å². The minimum Gasteiger partial charge on any atom is -0.475 e. The number of carbonyl (C=O) groups is 2. The smallest absolute Gasteiger partial charge is 0.371 e. The van der Waals surface area contributed by atoms with E-state index in [1.165, 1.54) is 4.31 Å². The van der Waals surface area contributed by atoms with Crippen molar-refractivity contribution in [2.45, 2.75) is 44.1 Å². The molecule has 0 radical (unpaired) electrons. The highest BCUT2D eigenvalue weighted by Crippen LogP contribution is 2.25. The van der Waals surface area contributed by atoms with E-state index in [1.54, 1.807) is 0 Å². The number of nitrogens with one attached hydrogen (secondary N) is 1. The van der Waals surface area contributed by atoms with Gasteiger partial charge in [0, 0.05) is 25.6 Å². The minimum absolute atomic E-state index is 0.0284. The van der Waals surface area contributed by atoms with Gasteiger partial charge >= 0.3 is 5.97 Å². The van der Waals surface area contributed by atoms with Crippen LogP contribution in [0.5, 0.6) is 0 Å². The molecule has 1 aromatic rings. The Kier molecular flexibility index (Phi) is 6.60. The van der Waals surface area contributed by atoms with Crippen molar-refractivity contribution in [3.63, 3.8) is 0 Å². The largest absolute Gasteiger partial charge is 0.475 e. The fraction of sp³-hybridized carbons (Fsp3) is 0.625. The molecular formula is C16H24N2O6S. The third-order valence-electron chi connectivity index (χ3n) is 4.29. The molecule has 0 aliphatic carbocycles. The first kappa shape index (κ1) is 19.5. The molecule has 1 saturated heterocycles. The number of aromatic carboxylic acids is 1. The molecule has 0 unspecified atom stereocenters. The van der Waals surface area contributed by atoms with Crippen molar-refractivity contribution in [2.24, 2.45) is 5.92 Å². The first-order valence-electron chi connectivity index (χ1n) is 8.47. The van der Waals surface area contributed by atoms with Gasteiger partial charge in [-0.15, -0.1) is 0 Å². The van der Waals surface area contributed by atoms with Crippen LogP contribution in [0.15, 0.2) is 21.6 Å². The lowest BCUT2D eigenvalue weighted by Gasteiger charge is -2.29. The molecule has 0 spiro atoms. The van der Waals surface area contributed by atoms with E-state index in [4.69, 9.17) is 9.52 Å². The Morgan fingerprint density at radius 1 is 1.28 bits per heavy atom. The Morgan fingerprint density at radius 3 is 2.52 bits per heavy atom. The lowest BCUT2D eigenvalue weighted by atomic mass is 9.97. The van der Waals surface area contributed by atoms with Gasteiger partial charge < -0.3 is 14.8 Å². The van der Waals surface area contributed by atoms with Gasteiger partial charge in [0.2, 0.25) is 16.8 Å². The molecule has 1 aliphatic heterocycles. The van der Waals surface area contributed by atoms with Gasteiger partial charge in [-0.25, -0.2) is 13.2 Å². The first-order chi connectivity index (χ1) is 11.9. The first-order valence-corrected chi connectivity index (χ1v) is 9.91. The Hall–Kier alpha value is -1.87. The summed E-state index contributed by atoms with van der Waals surface area (Å²) in [6, 6.07) is 2.26. The highest BCUT2D eigenvalue weighted by Gasteiger charge is 2.34. The van der Waals surface area contributed by atoms with E-state index in [0.29, 0.717) is 19.4 Å². The topological polar surface area (TPSA) is 117 Å². The van der Waals surface area contributed by atoms with E-state index in [1.807, 2.05) is 0 Å². The lowest BCUT2D eigenvalue weighted by molar-refractivity contribution is -0.126. The van der Waals surface area contributed by atoms with Crippen molar-refractivity contribution >= 4 is 21.9 Å². The van der Waals surface area contributed by atoms with Crippen molar-refractivity contribution in [2.75, 3.05) is 19.6 Å². The highest BCUT2D eigenvalue weighted by atomic mass is 32.2. The second-order valence-corrected chi connectivity index (χ2v) is 7.97. The third-order valence-corrected chi connectivity index (χ3v) is 6.06. The molecule has 0 bridgehead atoms. The number of furan rings is 1. The molecule has 0 atom stereocenters. The van der Waals surface area contributed by atoms with Crippen LogP contribution in [0.1, 0.15) is 49.6 Å². The van der Waals surface area contributed by atoms with Crippen LogP contribution in [0.4, 0.5) is 0 Å². The summed E-state index contributed by atoms with van der Waals surface area (Å²) in [6.07, 6.45) is 3.97. The van der Waals surface area contributed by atoms with Crippen LogP contribution >= 0.6 is 0 Å². The van der Waals surface area contributed by atoms with E-state index in [0.717, 1.165) is 31.4 Å². The fourth-order valence-corrected chi connectivity index (χ4v) is 4.17. The van der Waals surface area contributed by atoms with Crippen molar-refractivity contribution < 1.29 is 27.5 Å². The van der Waals surface area contributed by atoms with Crippen molar-refractivity contribution in [1.29, 1.82) is 0 Å². The van der Waals surface area contributed by atoms with E-state index in [-0.39, 0.29) is 30.0 Å². The fourth-order valence-electron chi connectivity index (χ4n) is 2.79. The predicted molar refractivity (Wildman–Crippen MR) is 89.7 cm³/mol. The number of carbonyl (C=O) groups excluding carboxylic acids is 1. The molecule has 2 N–H and O–H groups in total. The molecule has 8 nitrogen and oxygen atoms in total. The van der Waals surface area contributed by atoms with Crippen molar-refractivity contribution in [3.05, 3.63) is 17.9 Å². The molecule has 9 heteroatoms. The van der Waals surface area contributed by atoms with Crippen LogP contribution in [-0.2, 0) is 14.8 Å². The SMILES string of the molecule is CCCCCNC(=O)C1CCN(S(=O)(=O)c2ccc(C(=O)O)o2)CC1. The molecule has 1 amide bonds. The summed E-state index contributed by atoms with van der Waals surface area (Å²) in [6.45, 7) is 3.16. The lowest BCUT2D eigenvalue weighted by Crippen LogP contribution is -2.43. The van der Waals surface area contributed by atoms with Gasteiger partial charge in [-0.2, -0.15) is 4.31 Å². The molecule has 0 saturated carbocycles. The molecule has 2 heterocycles. The normalized spacial score (nSPS) is 16.7. The number of unbranched alkanes of at least 4 members (excludes halogenated alkanes) is 2. The van der Waals surface area contributed by atoms with Crippen molar-refractivity contribution in [3.8, 4) is 0 Å². The second kappa shape index (κ2) is 8.48. The monoisotopic (exact) mass is 372 g/mol. The second-order valence-electron chi connectivity index (χ2n) is 6.10. The Labute approximate surface area is 147 Å². The standard InChI is InChI=1S/C16H24N2O6S/c1-2-3-4-9-17-15(19)12-7-10-18(11-8-12)25(22,23)14-6-5-13(24-14)16(20)21/h5-6,12H,2-4,7-11H2,1H3,(H,17,19)(H,20,21). The Morgan fingerprint density at radius 2 is 1.96 bits per heavy atom.